The molecule has 0 amide bonds. The first-order chi connectivity index (χ1) is 27.5. The molecule has 3 aromatic heterocycles. The fourth-order valence-corrected chi connectivity index (χ4v) is 6.56. The van der Waals surface area contributed by atoms with Crippen LogP contribution in [0.2, 0.25) is 0 Å². The van der Waals surface area contributed by atoms with Gasteiger partial charge in [0, 0.05) is 18.6 Å². The number of methoxy groups -OCH3 is 1. The van der Waals surface area contributed by atoms with Crippen LogP contribution in [0.25, 0.3) is 45.8 Å². The molecule has 0 bridgehead atoms. The van der Waals surface area contributed by atoms with Gasteiger partial charge in [-0.2, -0.15) is 0 Å². The third-order valence-corrected chi connectivity index (χ3v) is 9.50. The zero-order valence-electron chi connectivity index (χ0n) is 30.8. The Hall–Kier alpha value is -7.07. The molecule has 0 atom stereocenters. The molecule has 1 N–H and O–H groups in total. The second-order valence-electron chi connectivity index (χ2n) is 13.4. The van der Waals surface area contributed by atoms with Gasteiger partial charge in [0.2, 0.25) is 17.7 Å². The quantitative estimate of drug-likeness (QED) is 0.102. The lowest BCUT2D eigenvalue weighted by Crippen LogP contribution is -2.14. The van der Waals surface area contributed by atoms with Gasteiger partial charge in [0.05, 0.1) is 19.3 Å². The molecule has 8 rings (SSSR count). The molecule has 0 fully saturated rings. The Balaban J connectivity index is 0.806. The summed E-state index contributed by atoms with van der Waals surface area (Å²) in [7, 11) is 1.61. The predicted octanol–water partition coefficient (Wildman–Crippen LogP) is 9.97. The lowest BCUT2D eigenvalue weighted by atomic mass is 10.1. The maximum Gasteiger partial charge on any atom is 0.422 e. The molecule has 0 radical (unpaired) electrons. The number of aromatic nitrogens is 3. The first-order valence-corrected chi connectivity index (χ1v) is 18.4. The van der Waals surface area contributed by atoms with Gasteiger partial charge in [-0.1, -0.05) is 78.9 Å². The molecular formula is C46H39N3O7. The van der Waals surface area contributed by atoms with Crippen LogP contribution in [0, 0.1) is 0 Å². The second kappa shape index (κ2) is 16.5. The summed E-state index contributed by atoms with van der Waals surface area (Å²) in [4.78, 5) is 21.6. The van der Waals surface area contributed by atoms with E-state index in [-0.39, 0.29) is 24.8 Å². The number of aromatic hydroxyl groups is 1. The lowest BCUT2D eigenvalue weighted by Gasteiger charge is -2.11. The van der Waals surface area contributed by atoms with Crippen molar-refractivity contribution in [3.8, 4) is 17.4 Å². The number of nitrogens with zero attached hydrogens (tertiary/aromatic N) is 3. The molecular weight excluding hydrogens is 707 g/mol. The minimum atomic E-state index is -0.645. The van der Waals surface area contributed by atoms with Crippen molar-refractivity contribution >= 4 is 45.8 Å². The van der Waals surface area contributed by atoms with E-state index in [1.54, 1.807) is 19.4 Å². The van der Waals surface area contributed by atoms with Crippen molar-refractivity contribution in [2.24, 2.45) is 0 Å². The van der Waals surface area contributed by atoms with Crippen molar-refractivity contribution in [2.75, 3.05) is 7.11 Å². The Morgan fingerprint density at radius 2 is 1.29 bits per heavy atom. The normalized spacial score (nSPS) is 11.7. The highest BCUT2D eigenvalue weighted by atomic mass is 16.5. The highest BCUT2D eigenvalue weighted by Crippen LogP contribution is 2.30. The SMILES string of the molecule is COc1cc(CCCCc2oc(=O)n(Cc3coc(C=Cc4ccc5ccccc5c4)n3)c2O)ccc1OCc1coc(C=Cc2ccc3ccccc3c2)n1. The molecule has 0 unspecified atom stereocenters. The van der Waals surface area contributed by atoms with E-state index >= 15 is 0 Å². The van der Waals surface area contributed by atoms with Crippen molar-refractivity contribution < 1.29 is 27.8 Å². The number of aryl methyl sites for hydroxylation is 2. The summed E-state index contributed by atoms with van der Waals surface area (Å²) in [5.74, 6) is 1.50. The third kappa shape index (κ3) is 8.50. The standard InChI is InChI=1S/C46H39N3O7/c1-52-42-26-31(16-21-40(42)53-29-39-30-55-44(48-39)23-18-33-15-20-35-10-4-6-12-37(35)25-33)8-2-7-13-41-45(50)49(46(51)56-41)27-38-28-54-43(47-38)22-17-32-14-19-34-9-3-5-11-36(34)24-32/h3-6,9-12,14-26,28,30,50H,2,7-8,13,27,29H2,1H3. The summed E-state index contributed by atoms with van der Waals surface area (Å²) in [6, 6.07) is 34.7. The van der Waals surface area contributed by atoms with E-state index in [1.165, 1.54) is 22.4 Å². The van der Waals surface area contributed by atoms with Crippen molar-refractivity contribution in [3.63, 3.8) is 0 Å². The zero-order valence-corrected chi connectivity index (χ0v) is 30.8. The molecule has 0 saturated heterocycles. The molecule has 10 heteroatoms. The Morgan fingerprint density at radius 3 is 1.95 bits per heavy atom. The monoisotopic (exact) mass is 745 g/mol. The minimum Gasteiger partial charge on any atom is -0.493 e. The number of ether oxygens (including phenoxy) is 2. The fraction of sp³-hybridized carbons (Fsp3) is 0.152. The van der Waals surface area contributed by atoms with Gasteiger partial charge in [0.15, 0.2) is 17.3 Å². The first-order valence-electron chi connectivity index (χ1n) is 18.4. The van der Waals surface area contributed by atoms with E-state index in [4.69, 9.17) is 22.7 Å². The minimum absolute atomic E-state index is 0.0244. The van der Waals surface area contributed by atoms with Gasteiger partial charge in [-0.3, -0.25) is 0 Å². The van der Waals surface area contributed by atoms with E-state index in [0.717, 1.165) is 39.5 Å². The number of benzene rings is 5. The number of unbranched alkanes of at least 4 members (excludes halogenated alkanes) is 1. The molecule has 0 spiro atoms. The van der Waals surface area contributed by atoms with Gasteiger partial charge in [-0.15, -0.1) is 0 Å². The largest absolute Gasteiger partial charge is 0.493 e. The number of hydrogen-bond donors (Lipinski definition) is 1. The van der Waals surface area contributed by atoms with Crippen LogP contribution < -0.4 is 15.2 Å². The smallest absolute Gasteiger partial charge is 0.422 e. The summed E-state index contributed by atoms with van der Waals surface area (Å²) in [5.41, 5.74) is 4.29. The van der Waals surface area contributed by atoms with Crippen molar-refractivity contribution in [1.82, 2.24) is 14.5 Å². The maximum atomic E-state index is 12.6. The molecule has 0 aliphatic carbocycles. The van der Waals surface area contributed by atoms with Gasteiger partial charge in [0.25, 0.3) is 0 Å². The topological polar surface area (TPSA) is 126 Å². The third-order valence-electron chi connectivity index (χ3n) is 9.50. The molecule has 0 aliphatic rings. The molecule has 5 aromatic carbocycles. The highest BCUT2D eigenvalue weighted by Gasteiger charge is 2.17. The van der Waals surface area contributed by atoms with E-state index in [0.29, 0.717) is 47.5 Å². The Morgan fingerprint density at radius 1 is 0.679 bits per heavy atom. The number of hydrogen-bond acceptors (Lipinski definition) is 9. The summed E-state index contributed by atoms with van der Waals surface area (Å²) >= 11 is 0. The average molecular weight is 746 g/mol. The zero-order chi connectivity index (χ0) is 38.3. The van der Waals surface area contributed by atoms with Crippen molar-refractivity contribution in [1.29, 1.82) is 0 Å². The van der Waals surface area contributed by atoms with Crippen LogP contribution >= 0.6 is 0 Å². The number of rotatable bonds is 15. The number of fused-ring (bicyclic) bond motifs is 2. The van der Waals surface area contributed by atoms with Gasteiger partial charge in [0.1, 0.15) is 24.8 Å². The number of oxazole rings is 3. The van der Waals surface area contributed by atoms with Gasteiger partial charge < -0.3 is 27.8 Å². The van der Waals surface area contributed by atoms with E-state index in [2.05, 4.69) is 64.6 Å². The molecule has 280 valence electrons. The average Bonchev–Trinajstić information content (AvgIpc) is 3.96. The lowest BCUT2D eigenvalue weighted by molar-refractivity contribution is 0.280. The second-order valence-corrected chi connectivity index (χ2v) is 13.4. The predicted molar refractivity (Wildman–Crippen MR) is 216 cm³/mol. The van der Waals surface area contributed by atoms with Gasteiger partial charge in [-0.25, -0.2) is 19.3 Å². The first kappa shape index (κ1) is 35.9. The Labute approximate surface area is 322 Å². The van der Waals surface area contributed by atoms with Crippen LogP contribution in [-0.2, 0) is 26.0 Å². The Kier molecular flexibility index (Phi) is 10.6. The summed E-state index contributed by atoms with van der Waals surface area (Å²) in [6.07, 6.45) is 13.2. The summed E-state index contributed by atoms with van der Waals surface area (Å²) < 4.78 is 29.5. The van der Waals surface area contributed by atoms with Crippen LogP contribution in [0.3, 0.4) is 0 Å². The molecule has 3 heterocycles. The van der Waals surface area contributed by atoms with Crippen LogP contribution in [-0.4, -0.2) is 26.8 Å². The van der Waals surface area contributed by atoms with Crippen LogP contribution in [0.1, 0.15) is 58.5 Å². The van der Waals surface area contributed by atoms with Crippen molar-refractivity contribution in [2.45, 2.75) is 38.8 Å². The fourth-order valence-electron chi connectivity index (χ4n) is 6.56. The molecule has 0 saturated carbocycles. The van der Waals surface area contributed by atoms with Crippen LogP contribution in [0.5, 0.6) is 17.4 Å². The molecule has 10 nitrogen and oxygen atoms in total. The Bertz CT molecular complexity index is 2730. The highest BCUT2D eigenvalue weighted by molar-refractivity contribution is 5.86. The van der Waals surface area contributed by atoms with Gasteiger partial charge >= 0.3 is 5.76 Å². The molecule has 8 aromatic rings. The molecule has 0 aliphatic heterocycles. The maximum absolute atomic E-state index is 12.6. The van der Waals surface area contributed by atoms with E-state index in [9.17, 15) is 9.90 Å². The van der Waals surface area contributed by atoms with E-state index in [1.807, 2.05) is 66.8 Å². The van der Waals surface area contributed by atoms with Crippen molar-refractivity contribution in [3.05, 3.63) is 172 Å². The van der Waals surface area contributed by atoms with Gasteiger partial charge in [-0.05, 0) is 93.9 Å². The van der Waals surface area contributed by atoms with Crippen LogP contribution in [0.4, 0.5) is 0 Å². The van der Waals surface area contributed by atoms with E-state index < -0.39 is 5.76 Å². The van der Waals surface area contributed by atoms with Crippen LogP contribution in [0.15, 0.2) is 134 Å². The summed E-state index contributed by atoms with van der Waals surface area (Å²) in [5, 5.41) is 15.5. The molecule has 56 heavy (non-hydrogen) atoms. The summed E-state index contributed by atoms with van der Waals surface area (Å²) in [6.45, 7) is 0.245.